The molecule has 2 rings (SSSR count). The average Bonchev–Trinajstić information content (AvgIpc) is 2.88. The van der Waals surface area contributed by atoms with E-state index in [4.69, 9.17) is 11.1 Å². The van der Waals surface area contributed by atoms with Gasteiger partial charge in [0.25, 0.3) is 0 Å². The van der Waals surface area contributed by atoms with Crippen LogP contribution >= 0.6 is 11.3 Å². The van der Waals surface area contributed by atoms with Gasteiger partial charge >= 0.3 is 0 Å². The molecule has 0 amide bonds. The predicted octanol–water partition coefficient (Wildman–Crippen LogP) is 2.85. The number of hydrogen-bond acceptors (Lipinski definition) is 3. The first kappa shape index (κ1) is 13.5. The Morgan fingerprint density at radius 3 is 2.79 bits per heavy atom. The van der Waals surface area contributed by atoms with Crippen LogP contribution in [0.25, 0.3) is 0 Å². The first-order valence-electron chi connectivity index (χ1n) is 5.95. The molecule has 3 N–H and O–H groups in total. The van der Waals surface area contributed by atoms with E-state index < -0.39 is 0 Å². The zero-order valence-corrected chi connectivity index (χ0v) is 11.5. The lowest BCUT2D eigenvalue weighted by Gasteiger charge is -2.20. The van der Waals surface area contributed by atoms with E-state index in [9.17, 15) is 4.39 Å². The molecule has 2 aromatic rings. The van der Waals surface area contributed by atoms with Crippen LogP contribution in [0.4, 0.5) is 10.1 Å². The number of benzene rings is 1. The number of rotatable bonds is 5. The Labute approximate surface area is 116 Å². The third-order valence-electron chi connectivity index (χ3n) is 2.94. The van der Waals surface area contributed by atoms with Crippen molar-refractivity contribution in [1.82, 2.24) is 0 Å². The van der Waals surface area contributed by atoms with Gasteiger partial charge in [0.2, 0.25) is 0 Å². The van der Waals surface area contributed by atoms with Gasteiger partial charge in [-0.3, -0.25) is 5.41 Å². The molecule has 0 aliphatic carbocycles. The second kappa shape index (κ2) is 5.84. The molecular weight excluding hydrogens is 261 g/mol. The molecule has 3 nitrogen and oxygen atoms in total. The van der Waals surface area contributed by atoms with E-state index in [1.54, 1.807) is 23.5 Å². The molecule has 0 bridgehead atoms. The summed E-state index contributed by atoms with van der Waals surface area (Å²) in [6, 6.07) is 8.73. The fourth-order valence-electron chi connectivity index (χ4n) is 1.84. The van der Waals surface area contributed by atoms with Gasteiger partial charge in [0, 0.05) is 24.0 Å². The highest BCUT2D eigenvalue weighted by Gasteiger charge is 2.09. The van der Waals surface area contributed by atoms with Crippen molar-refractivity contribution in [2.24, 2.45) is 5.73 Å². The molecule has 0 saturated carbocycles. The Kier molecular flexibility index (Phi) is 4.16. The number of nitrogens with one attached hydrogen (secondary N) is 1. The number of thiophene rings is 1. The number of anilines is 1. The summed E-state index contributed by atoms with van der Waals surface area (Å²) in [6.07, 6.45) is 0.891. The minimum atomic E-state index is -0.346. The highest BCUT2D eigenvalue weighted by atomic mass is 32.1. The second-order valence-corrected chi connectivity index (χ2v) is 5.36. The minimum absolute atomic E-state index is 0.119. The van der Waals surface area contributed by atoms with E-state index in [0.717, 1.165) is 13.0 Å². The molecule has 1 aromatic heterocycles. The summed E-state index contributed by atoms with van der Waals surface area (Å²) in [5.41, 5.74) is 6.28. The van der Waals surface area contributed by atoms with Gasteiger partial charge < -0.3 is 10.6 Å². The fraction of sp³-hybridized carbons (Fsp3) is 0.214. The Bertz CT molecular complexity index is 566. The van der Waals surface area contributed by atoms with Crippen molar-refractivity contribution >= 4 is 22.9 Å². The Morgan fingerprint density at radius 2 is 2.21 bits per heavy atom. The van der Waals surface area contributed by atoms with Gasteiger partial charge in [0.1, 0.15) is 11.7 Å². The van der Waals surface area contributed by atoms with E-state index in [-0.39, 0.29) is 11.7 Å². The van der Waals surface area contributed by atoms with Crippen LogP contribution in [0.2, 0.25) is 0 Å². The van der Waals surface area contributed by atoms with Gasteiger partial charge in [-0.05, 0) is 36.1 Å². The molecule has 1 aromatic carbocycles. The summed E-state index contributed by atoms with van der Waals surface area (Å²) in [7, 11) is 1.86. The first-order valence-corrected chi connectivity index (χ1v) is 6.83. The van der Waals surface area contributed by atoms with Crippen LogP contribution < -0.4 is 10.6 Å². The molecule has 0 atom stereocenters. The molecule has 0 radical (unpaired) electrons. The molecule has 0 aliphatic rings. The zero-order chi connectivity index (χ0) is 13.8. The monoisotopic (exact) mass is 277 g/mol. The van der Waals surface area contributed by atoms with Crippen LogP contribution in [-0.2, 0) is 6.42 Å². The van der Waals surface area contributed by atoms with Crippen LogP contribution in [0.5, 0.6) is 0 Å². The van der Waals surface area contributed by atoms with Crippen molar-refractivity contribution in [3.8, 4) is 0 Å². The molecule has 19 heavy (non-hydrogen) atoms. The largest absolute Gasteiger partial charge is 0.384 e. The normalized spacial score (nSPS) is 10.4. The molecule has 100 valence electrons. The summed E-state index contributed by atoms with van der Waals surface area (Å²) in [6.45, 7) is 0.747. The van der Waals surface area contributed by atoms with Crippen LogP contribution in [-0.4, -0.2) is 19.4 Å². The SMILES string of the molecule is CN(CCc1cccs1)c1ccc(C(=N)N)cc1F. The lowest BCUT2D eigenvalue weighted by molar-refractivity contribution is 0.622. The van der Waals surface area contributed by atoms with E-state index in [1.165, 1.54) is 10.9 Å². The summed E-state index contributed by atoms with van der Waals surface area (Å²) < 4.78 is 13.9. The smallest absolute Gasteiger partial charge is 0.147 e. The van der Waals surface area contributed by atoms with E-state index in [0.29, 0.717) is 11.3 Å². The molecule has 0 saturated heterocycles. The Balaban J connectivity index is 2.06. The quantitative estimate of drug-likeness (QED) is 0.652. The van der Waals surface area contributed by atoms with Crippen molar-refractivity contribution in [2.45, 2.75) is 6.42 Å². The molecular formula is C14H16FN3S. The van der Waals surface area contributed by atoms with Gasteiger partial charge in [-0.15, -0.1) is 11.3 Å². The molecule has 1 heterocycles. The number of nitrogen functional groups attached to an aromatic ring is 1. The number of nitrogens with zero attached hydrogens (tertiary/aromatic N) is 1. The van der Waals surface area contributed by atoms with E-state index in [2.05, 4.69) is 6.07 Å². The Hall–Kier alpha value is -1.88. The summed E-state index contributed by atoms with van der Waals surface area (Å²) in [5.74, 6) is -0.465. The third-order valence-corrected chi connectivity index (χ3v) is 3.88. The molecule has 0 unspecified atom stereocenters. The highest BCUT2D eigenvalue weighted by molar-refractivity contribution is 7.09. The standard InChI is InChI=1S/C14H16FN3S/c1-18(7-6-11-3-2-8-19-11)13-5-4-10(14(16)17)9-12(13)15/h2-5,8-9H,6-7H2,1H3,(H3,16,17). The maximum absolute atomic E-state index is 13.9. The van der Waals surface area contributed by atoms with E-state index in [1.807, 2.05) is 23.4 Å². The highest BCUT2D eigenvalue weighted by Crippen LogP contribution is 2.20. The van der Waals surface area contributed by atoms with Crippen molar-refractivity contribution in [1.29, 1.82) is 5.41 Å². The Morgan fingerprint density at radius 1 is 1.42 bits per heavy atom. The van der Waals surface area contributed by atoms with Gasteiger partial charge in [-0.1, -0.05) is 6.07 Å². The molecule has 0 spiro atoms. The third kappa shape index (κ3) is 3.32. The van der Waals surface area contributed by atoms with Crippen molar-refractivity contribution in [3.63, 3.8) is 0 Å². The van der Waals surface area contributed by atoms with Gasteiger partial charge in [-0.2, -0.15) is 0 Å². The number of nitrogens with two attached hydrogens (primary N) is 1. The zero-order valence-electron chi connectivity index (χ0n) is 10.7. The van der Waals surface area contributed by atoms with Crippen molar-refractivity contribution < 1.29 is 4.39 Å². The molecule has 0 aliphatic heterocycles. The lowest BCUT2D eigenvalue weighted by atomic mass is 10.1. The summed E-state index contributed by atoms with van der Waals surface area (Å²) in [5, 5.41) is 9.32. The van der Waals surface area contributed by atoms with E-state index >= 15 is 0 Å². The number of hydrogen-bond donors (Lipinski definition) is 2. The van der Waals surface area contributed by atoms with Gasteiger partial charge in [0.05, 0.1) is 5.69 Å². The van der Waals surface area contributed by atoms with Crippen molar-refractivity contribution in [3.05, 3.63) is 52.0 Å². The maximum Gasteiger partial charge on any atom is 0.147 e. The summed E-state index contributed by atoms with van der Waals surface area (Å²) in [4.78, 5) is 3.16. The number of halogens is 1. The minimum Gasteiger partial charge on any atom is -0.384 e. The van der Waals surface area contributed by atoms with Crippen LogP contribution in [0.15, 0.2) is 35.7 Å². The second-order valence-electron chi connectivity index (χ2n) is 4.33. The van der Waals surface area contributed by atoms with Crippen LogP contribution in [0, 0.1) is 11.2 Å². The van der Waals surface area contributed by atoms with Crippen molar-refractivity contribution in [2.75, 3.05) is 18.5 Å². The van der Waals surface area contributed by atoms with Crippen LogP contribution in [0.3, 0.4) is 0 Å². The first-order chi connectivity index (χ1) is 9.08. The predicted molar refractivity (Wildman–Crippen MR) is 78.7 cm³/mol. The fourth-order valence-corrected chi connectivity index (χ4v) is 2.54. The van der Waals surface area contributed by atoms with Gasteiger partial charge in [-0.25, -0.2) is 4.39 Å². The molecule has 0 fully saturated rings. The number of amidine groups is 1. The number of likely N-dealkylation sites (N-methyl/N-ethyl adjacent to an activating group) is 1. The lowest BCUT2D eigenvalue weighted by Crippen LogP contribution is -2.21. The average molecular weight is 277 g/mol. The van der Waals surface area contributed by atoms with Gasteiger partial charge in [0.15, 0.2) is 0 Å². The maximum atomic E-state index is 13.9. The van der Waals surface area contributed by atoms with Crippen LogP contribution in [0.1, 0.15) is 10.4 Å². The topological polar surface area (TPSA) is 53.1 Å². The molecule has 5 heteroatoms. The summed E-state index contributed by atoms with van der Waals surface area (Å²) >= 11 is 1.71.